The maximum absolute atomic E-state index is 13.4. The van der Waals surface area contributed by atoms with Crippen LogP contribution in [0.2, 0.25) is 0 Å². The summed E-state index contributed by atoms with van der Waals surface area (Å²) >= 11 is 0. The van der Waals surface area contributed by atoms with Crippen LogP contribution in [-0.2, 0) is 20.4 Å². The summed E-state index contributed by atoms with van der Waals surface area (Å²) in [7, 11) is -3.02. The second kappa shape index (κ2) is 9.10. The van der Waals surface area contributed by atoms with Crippen LogP contribution in [0, 0.1) is 17.3 Å². The van der Waals surface area contributed by atoms with E-state index in [4.69, 9.17) is 5.26 Å². The zero-order valence-electron chi connectivity index (χ0n) is 15.0. The number of nitrogens with one attached hydrogen (secondary N) is 1. The quantitative estimate of drug-likeness (QED) is 0.557. The number of nitriles is 1. The highest BCUT2D eigenvalue weighted by Crippen LogP contribution is 2.14. The summed E-state index contributed by atoms with van der Waals surface area (Å²) in [4.78, 5) is 25.2. The van der Waals surface area contributed by atoms with E-state index >= 15 is 0 Å². The molecule has 0 heterocycles. The van der Waals surface area contributed by atoms with E-state index in [9.17, 15) is 22.4 Å². The van der Waals surface area contributed by atoms with Crippen molar-refractivity contribution < 1.29 is 22.4 Å². The average Bonchev–Trinajstić information content (AvgIpc) is 2.67. The van der Waals surface area contributed by atoms with Crippen LogP contribution in [-0.4, -0.2) is 44.0 Å². The molecule has 0 saturated carbocycles. The van der Waals surface area contributed by atoms with Gasteiger partial charge in [0.05, 0.1) is 5.75 Å². The number of sulfone groups is 1. The Morgan fingerprint density at radius 3 is 2.46 bits per heavy atom. The van der Waals surface area contributed by atoms with Crippen molar-refractivity contribution in [2.45, 2.75) is 11.0 Å². The fourth-order valence-corrected chi connectivity index (χ4v) is 4.12. The van der Waals surface area contributed by atoms with E-state index in [1.165, 1.54) is 30.3 Å². The number of carbonyl (C=O) groups excluding carboxylic acids is 2. The standard InChI is InChI=1S/C19H18FN3O4S/c1-23(13-21)19(25)17(11-22-18(24)15-7-3-2-4-8-15)28(26,27)12-14-6-5-9-16(20)10-14/h2-10,17H,11-12H2,1H3,(H,22,24). The Hall–Kier alpha value is -3.25. The fraction of sp³-hybridized carbons (Fsp3) is 0.211. The SMILES string of the molecule is CN(C#N)C(=O)C(CNC(=O)c1ccccc1)S(=O)(=O)Cc1cccc(F)c1. The molecule has 0 radical (unpaired) electrons. The highest BCUT2D eigenvalue weighted by Gasteiger charge is 2.35. The van der Waals surface area contributed by atoms with Gasteiger partial charge in [-0.1, -0.05) is 30.3 Å². The Balaban J connectivity index is 2.24. The lowest BCUT2D eigenvalue weighted by molar-refractivity contribution is -0.126. The molecule has 2 rings (SSSR count). The van der Waals surface area contributed by atoms with Gasteiger partial charge < -0.3 is 5.32 Å². The first-order valence-electron chi connectivity index (χ1n) is 8.21. The molecule has 146 valence electrons. The molecular weight excluding hydrogens is 385 g/mol. The van der Waals surface area contributed by atoms with E-state index in [0.29, 0.717) is 10.5 Å². The first-order valence-corrected chi connectivity index (χ1v) is 9.92. The van der Waals surface area contributed by atoms with Crippen LogP contribution >= 0.6 is 0 Å². The molecule has 2 aromatic carbocycles. The van der Waals surface area contributed by atoms with Crippen molar-refractivity contribution in [1.82, 2.24) is 10.2 Å². The monoisotopic (exact) mass is 403 g/mol. The topological polar surface area (TPSA) is 107 Å². The first kappa shape index (κ1) is 21.1. The lowest BCUT2D eigenvalue weighted by atomic mass is 10.2. The van der Waals surface area contributed by atoms with Gasteiger partial charge in [-0.15, -0.1) is 0 Å². The lowest BCUT2D eigenvalue weighted by Crippen LogP contribution is -2.47. The summed E-state index contributed by atoms with van der Waals surface area (Å²) in [5, 5.41) is 9.65. The van der Waals surface area contributed by atoms with Crippen LogP contribution in [0.1, 0.15) is 15.9 Å². The number of benzene rings is 2. The molecule has 0 aliphatic rings. The second-order valence-electron chi connectivity index (χ2n) is 6.00. The van der Waals surface area contributed by atoms with Crippen LogP contribution in [0.25, 0.3) is 0 Å². The number of rotatable bonds is 7. The predicted octanol–water partition coefficient (Wildman–Crippen LogP) is 1.48. The van der Waals surface area contributed by atoms with E-state index in [1.807, 2.05) is 0 Å². The third-order valence-corrected chi connectivity index (χ3v) is 5.90. The molecular formula is C19H18FN3O4S. The van der Waals surface area contributed by atoms with Gasteiger partial charge in [0.15, 0.2) is 21.3 Å². The van der Waals surface area contributed by atoms with Crippen molar-refractivity contribution in [3.63, 3.8) is 0 Å². The minimum absolute atomic E-state index is 0.159. The number of hydrogen-bond donors (Lipinski definition) is 1. The maximum Gasteiger partial charge on any atom is 0.255 e. The van der Waals surface area contributed by atoms with Crippen molar-refractivity contribution in [2.24, 2.45) is 0 Å². The molecule has 0 aliphatic carbocycles. The lowest BCUT2D eigenvalue weighted by Gasteiger charge is -2.20. The van der Waals surface area contributed by atoms with Gasteiger partial charge in [0.2, 0.25) is 0 Å². The van der Waals surface area contributed by atoms with Gasteiger partial charge in [-0.3, -0.25) is 14.5 Å². The van der Waals surface area contributed by atoms with E-state index in [2.05, 4.69) is 5.32 Å². The van der Waals surface area contributed by atoms with Gasteiger partial charge in [-0.2, -0.15) is 5.26 Å². The number of amides is 2. The second-order valence-corrected chi connectivity index (χ2v) is 8.18. The minimum Gasteiger partial charge on any atom is -0.350 e. The van der Waals surface area contributed by atoms with Crippen LogP contribution < -0.4 is 5.32 Å². The summed E-state index contributed by atoms with van der Waals surface area (Å²) in [5.74, 6) is -2.75. The van der Waals surface area contributed by atoms with Crippen LogP contribution in [0.5, 0.6) is 0 Å². The molecule has 0 aliphatic heterocycles. The van der Waals surface area contributed by atoms with Crippen LogP contribution in [0.15, 0.2) is 54.6 Å². The predicted molar refractivity (Wildman–Crippen MR) is 100.0 cm³/mol. The molecule has 0 bridgehead atoms. The number of halogens is 1. The van der Waals surface area contributed by atoms with Gasteiger partial charge in [-0.25, -0.2) is 12.8 Å². The Morgan fingerprint density at radius 2 is 1.86 bits per heavy atom. The van der Waals surface area contributed by atoms with Gasteiger partial charge >= 0.3 is 0 Å². The highest BCUT2D eigenvalue weighted by molar-refractivity contribution is 7.92. The maximum atomic E-state index is 13.4. The third-order valence-electron chi connectivity index (χ3n) is 3.93. The minimum atomic E-state index is -4.15. The summed E-state index contributed by atoms with van der Waals surface area (Å²) < 4.78 is 38.9. The molecule has 2 aromatic rings. The van der Waals surface area contributed by atoms with Crippen molar-refractivity contribution in [1.29, 1.82) is 5.26 Å². The molecule has 0 fully saturated rings. The number of nitrogens with zero attached hydrogens (tertiary/aromatic N) is 2. The van der Waals surface area contributed by atoms with Gasteiger partial charge in [0.1, 0.15) is 5.82 Å². The van der Waals surface area contributed by atoms with Gasteiger partial charge in [0.25, 0.3) is 11.8 Å². The van der Waals surface area contributed by atoms with Crippen LogP contribution in [0.3, 0.4) is 0 Å². The molecule has 1 atom stereocenters. The first-order chi connectivity index (χ1) is 13.2. The molecule has 7 nitrogen and oxygen atoms in total. The third kappa shape index (κ3) is 5.37. The Kier molecular flexibility index (Phi) is 6.84. The van der Waals surface area contributed by atoms with E-state index in [1.54, 1.807) is 24.4 Å². The molecule has 0 aromatic heterocycles. The summed E-state index contributed by atoms with van der Waals surface area (Å²) in [5.41, 5.74) is 0.455. The number of carbonyl (C=O) groups is 2. The Morgan fingerprint density at radius 1 is 1.18 bits per heavy atom. The molecule has 28 heavy (non-hydrogen) atoms. The zero-order chi connectivity index (χ0) is 20.7. The summed E-state index contributed by atoms with van der Waals surface area (Å²) in [6.07, 6.45) is 1.56. The molecule has 9 heteroatoms. The molecule has 1 N–H and O–H groups in total. The van der Waals surface area contributed by atoms with Crippen molar-refractivity contribution in [3.05, 3.63) is 71.5 Å². The molecule has 2 amide bonds. The fourth-order valence-electron chi connectivity index (χ4n) is 2.47. The number of hydrogen-bond acceptors (Lipinski definition) is 5. The van der Waals surface area contributed by atoms with Crippen molar-refractivity contribution >= 4 is 21.7 Å². The van der Waals surface area contributed by atoms with Crippen molar-refractivity contribution in [3.8, 4) is 6.19 Å². The van der Waals surface area contributed by atoms with E-state index in [0.717, 1.165) is 13.1 Å². The Labute approximate surface area is 162 Å². The van der Waals surface area contributed by atoms with Gasteiger partial charge in [-0.05, 0) is 29.8 Å². The van der Waals surface area contributed by atoms with Crippen molar-refractivity contribution in [2.75, 3.05) is 13.6 Å². The van der Waals surface area contributed by atoms with Gasteiger partial charge in [0, 0.05) is 19.2 Å². The highest BCUT2D eigenvalue weighted by atomic mass is 32.2. The largest absolute Gasteiger partial charge is 0.350 e. The normalized spacial score (nSPS) is 11.9. The van der Waals surface area contributed by atoms with E-state index < -0.39 is 45.0 Å². The molecule has 1 unspecified atom stereocenters. The average molecular weight is 403 g/mol. The smallest absolute Gasteiger partial charge is 0.255 e. The van der Waals surface area contributed by atoms with Crippen LogP contribution in [0.4, 0.5) is 4.39 Å². The molecule has 0 spiro atoms. The summed E-state index contributed by atoms with van der Waals surface area (Å²) in [6.45, 7) is -0.518. The van der Waals surface area contributed by atoms with E-state index in [-0.39, 0.29) is 5.56 Å². The zero-order valence-corrected chi connectivity index (χ0v) is 15.8. The summed E-state index contributed by atoms with van der Waals surface area (Å²) in [6, 6.07) is 13.1. The molecule has 0 saturated heterocycles. The Bertz CT molecular complexity index is 1000.